The number of rotatable bonds is 4. The summed E-state index contributed by atoms with van der Waals surface area (Å²) in [6.45, 7) is 0.707. The Morgan fingerprint density at radius 2 is 2.18 bits per heavy atom. The molecule has 90 valence electrons. The van der Waals surface area contributed by atoms with Gasteiger partial charge in [0, 0.05) is 22.8 Å². The second kappa shape index (κ2) is 5.38. The number of hydrogen-bond acceptors (Lipinski definition) is 3. The summed E-state index contributed by atoms with van der Waals surface area (Å²) in [5, 5.41) is 9.35. The molecule has 0 radical (unpaired) electrons. The molecule has 4 heteroatoms. The van der Waals surface area contributed by atoms with E-state index in [-0.39, 0.29) is 6.61 Å². The van der Waals surface area contributed by atoms with Crippen LogP contribution in [0.2, 0.25) is 0 Å². The smallest absolute Gasteiger partial charge is 0.123 e. The number of aliphatic hydroxyl groups is 1. The van der Waals surface area contributed by atoms with Crippen molar-refractivity contribution in [2.24, 2.45) is 0 Å². The van der Waals surface area contributed by atoms with Crippen LogP contribution in [-0.4, -0.2) is 12.2 Å². The van der Waals surface area contributed by atoms with Crippen molar-refractivity contribution < 1.29 is 9.52 Å². The number of benzene rings is 1. The van der Waals surface area contributed by atoms with Crippen LogP contribution in [0.15, 0.2) is 45.5 Å². The highest BCUT2D eigenvalue weighted by atomic mass is 79.9. The zero-order valence-electron chi connectivity index (χ0n) is 9.56. The van der Waals surface area contributed by atoms with E-state index in [1.807, 2.05) is 37.4 Å². The van der Waals surface area contributed by atoms with Gasteiger partial charge in [-0.05, 0) is 30.3 Å². The van der Waals surface area contributed by atoms with E-state index in [9.17, 15) is 5.11 Å². The molecule has 0 atom stereocenters. The van der Waals surface area contributed by atoms with Crippen molar-refractivity contribution in [1.82, 2.24) is 0 Å². The highest BCUT2D eigenvalue weighted by Crippen LogP contribution is 2.25. The van der Waals surface area contributed by atoms with Gasteiger partial charge in [-0.1, -0.05) is 15.9 Å². The van der Waals surface area contributed by atoms with Crippen molar-refractivity contribution in [3.63, 3.8) is 0 Å². The van der Waals surface area contributed by atoms with Crippen molar-refractivity contribution in [3.8, 4) is 0 Å². The SMILES string of the molecule is CN(Cc1ccco1)c1ccc(Br)cc1CO. The monoisotopic (exact) mass is 295 g/mol. The maximum Gasteiger partial charge on any atom is 0.123 e. The molecule has 1 aromatic carbocycles. The highest BCUT2D eigenvalue weighted by molar-refractivity contribution is 9.10. The quantitative estimate of drug-likeness (QED) is 0.941. The topological polar surface area (TPSA) is 36.6 Å². The van der Waals surface area contributed by atoms with Gasteiger partial charge in [-0.25, -0.2) is 0 Å². The summed E-state index contributed by atoms with van der Waals surface area (Å²) in [7, 11) is 1.98. The Bertz CT molecular complexity index is 482. The molecule has 1 aromatic heterocycles. The Hall–Kier alpha value is -1.26. The van der Waals surface area contributed by atoms with Crippen LogP contribution in [0.1, 0.15) is 11.3 Å². The molecule has 0 aliphatic carbocycles. The van der Waals surface area contributed by atoms with E-state index in [2.05, 4.69) is 20.8 Å². The minimum Gasteiger partial charge on any atom is -0.467 e. The van der Waals surface area contributed by atoms with Gasteiger partial charge < -0.3 is 14.4 Å². The Morgan fingerprint density at radius 1 is 1.35 bits per heavy atom. The molecule has 17 heavy (non-hydrogen) atoms. The summed E-state index contributed by atoms with van der Waals surface area (Å²) in [4.78, 5) is 2.05. The molecule has 3 nitrogen and oxygen atoms in total. The lowest BCUT2D eigenvalue weighted by Crippen LogP contribution is -2.17. The van der Waals surface area contributed by atoms with Crippen molar-refractivity contribution in [1.29, 1.82) is 0 Å². The molecule has 0 saturated heterocycles. The van der Waals surface area contributed by atoms with Crippen LogP contribution in [0.4, 0.5) is 5.69 Å². The van der Waals surface area contributed by atoms with Crippen LogP contribution in [0.5, 0.6) is 0 Å². The third kappa shape index (κ3) is 2.90. The lowest BCUT2D eigenvalue weighted by molar-refractivity contribution is 0.282. The second-order valence-corrected chi connectivity index (χ2v) is 4.78. The third-order valence-corrected chi connectivity index (χ3v) is 3.09. The molecular weight excluding hydrogens is 282 g/mol. The molecule has 2 rings (SSSR count). The lowest BCUT2D eigenvalue weighted by Gasteiger charge is -2.21. The molecule has 2 aromatic rings. The maximum atomic E-state index is 9.35. The van der Waals surface area contributed by atoms with Crippen LogP contribution < -0.4 is 4.90 Å². The number of furan rings is 1. The zero-order chi connectivity index (χ0) is 12.3. The molecule has 0 bridgehead atoms. The van der Waals surface area contributed by atoms with Crippen LogP contribution in [0.25, 0.3) is 0 Å². The highest BCUT2D eigenvalue weighted by Gasteiger charge is 2.09. The molecule has 0 saturated carbocycles. The first-order valence-electron chi connectivity index (χ1n) is 5.33. The van der Waals surface area contributed by atoms with Crippen molar-refractivity contribution in [3.05, 3.63) is 52.4 Å². The molecule has 0 fully saturated rings. The fourth-order valence-corrected chi connectivity index (χ4v) is 2.18. The average molecular weight is 296 g/mol. The fraction of sp³-hybridized carbons (Fsp3) is 0.231. The Labute approximate surface area is 109 Å². The summed E-state index contributed by atoms with van der Waals surface area (Å²) in [5.41, 5.74) is 1.90. The van der Waals surface area contributed by atoms with E-state index in [1.54, 1.807) is 6.26 Å². The van der Waals surface area contributed by atoms with E-state index < -0.39 is 0 Å². The number of hydrogen-bond donors (Lipinski definition) is 1. The fourth-order valence-electron chi connectivity index (χ4n) is 1.77. The molecular formula is C13H14BrNO2. The summed E-state index contributed by atoms with van der Waals surface area (Å²) in [6, 6.07) is 9.69. The summed E-state index contributed by atoms with van der Waals surface area (Å²) >= 11 is 3.40. The van der Waals surface area contributed by atoms with Gasteiger partial charge >= 0.3 is 0 Å². The van der Waals surface area contributed by atoms with Crippen molar-refractivity contribution >= 4 is 21.6 Å². The number of nitrogens with zero attached hydrogens (tertiary/aromatic N) is 1. The van der Waals surface area contributed by atoms with Gasteiger partial charge in [-0.2, -0.15) is 0 Å². The van der Waals surface area contributed by atoms with Gasteiger partial charge in [0.05, 0.1) is 19.4 Å². The van der Waals surface area contributed by atoms with Gasteiger partial charge in [0.2, 0.25) is 0 Å². The Morgan fingerprint density at radius 3 is 2.82 bits per heavy atom. The predicted molar refractivity (Wildman–Crippen MR) is 70.9 cm³/mol. The third-order valence-electron chi connectivity index (χ3n) is 2.60. The first kappa shape index (κ1) is 12.2. The van der Waals surface area contributed by atoms with E-state index in [0.29, 0.717) is 6.54 Å². The van der Waals surface area contributed by atoms with E-state index in [0.717, 1.165) is 21.5 Å². The Balaban J connectivity index is 2.21. The van der Waals surface area contributed by atoms with E-state index >= 15 is 0 Å². The van der Waals surface area contributed by atoms with Gasteiger partial charge in [0.1, 0.15) is 5.76 Å². The molecule has 0 aliphatic heterocycles. The largest absolute Gasteiger partial charge is 0.467 e. The second-order valence-electron chi connectivity index (χ2n) is 3.87. The van der Waals surface area contributed by atoms with E-state index in [1.165, 1.54) is 0 Å². The predicted octanol–water partition coefficient (Wildman–Crippen LogP) is 3.17. The van der Waals surface area contributed by atoms with Crippen LogP contribution in [0, 0.1) is 0 Å². The average Bonchev–Trinajstić information content (AvgIpc) is 2.81. The minimum absolute atomic E-state index is 0.0251. The molecule has 1 heterocycles. The molecule has 1 N–H and O–H groups in total. The normalized spacial score (nSPS) is 10.5. The summed E-state index contributed by atoms with van der Waals surface area (Å²) < 4.78 is 6.28. The standard InChI is InChI=1S/C13H14BrNO2/c1-15(8-12-3-2-6-17-12)13-5-4-11(14)7-10(13)9-16/h2-7,16H,8-9H2,1H3. The molecule has 0 amide bonds. The first-order chi connectivity index (χ1) is 8.20. The first-order valence-corrected chi connectivity index (χ1v) is 6.13. The molecule has 0 aliphatic rings. The van der Waals surface area contributed by atoms with Crippen LogP contribution in [0.3, 0.4) is 0 Å². The number of anilines is 1. The number of halogens is 1. The van der Waals surface area contributed by atoms with Crippen molar-refractivity contribution in [2.75, 3.05) is 11.9 Å². The number of aliphatic hydroxyl groups excluding tert-OH is 1. The van der Waals surface area contributed by atoms with Gasteiger partial charge in [0.15, 0.2) is 0 Å². The van der Waals surface area contributed by atoms with Crippen LogP contribution >= 0.6 is 15.9 Å². The lowest BCUT2D eigenvalue weighted by atomic mass is 10.1. The van der Waals surface area contributed by atoms with Gasteiger partial charge in [0.25, 0.3) is 0 Å². The minimum atomic E-state index is 0.0251. The van der Waals surface area contributed by atoms with Crippen LogP contribution in [-0.2, 0) is 13.2 Å². The Kier molecular flexibility index (Phi) is 3.86. The summed E-state index contributed by atoms with van der Waals surface area (Å²) in [5.74, 6) is 0.902. The van der Waals surface area contributed by atoms with Gasteiger partial charge in [-0.3, -0.25) is 0 Å². The van der Waals surface area contributed by atoms with Crippen molar-refractivity contribution in [2.45, 2.75) is 13.2 Å². The van der Waals surface area contributed by atoms with E-state index in [4.69, 9.17) is 4.42 Å². The molecule has 0 unspecified atom stereocenters. The molecule has 0 spiro atoms. The summed E-state index contributed by atoms with van der Waals surface area (Å²) in [6.07, 6.45) is 1.66. The van der Waals surface area contributed by atoms with Gasteiger partial charge in [-0.15, -0.1) is 0 Å². The zero-order valence-corrected chi connectivity index (χ0v) is 11.1. The maximum absolute atomic E-state index is 9.35.